The minimum absolute atomic E-state index is 0.422. The summed E-state index contributed by atoms with van der Waals surface area (Å²) in [5.74, 6) is 1.81. The van der Waals surface area contributed by atoms with Gasteiger partial charge < -0.3 is 5.73 Å². The summed E-state index contributed by atoms with van der Waals surface area (Å²) in [6, 6.07) is 12.2. The average Bonchev–Trinajstić information content (AvgIpc) is 3.15. The van der Waals surface area contributed by atoms with Crippen LogP contribution in [0.15, 0.2) is 30.3 Å². The molecule has 3 nitrogen and oxygen atoms in total. The first-order valence-corrected chi connectivity index (χ1v) is 8.55. The maximum Gasteiger partial charge on any atom is 0.0233 e. The summed E-state index contributed by atoms with van der Waals surface area (Å²) in [5.41, 5.74) is 7.56. The van der Waals surface area contributed by atoms with Gasteiger partial charge in [-0.05, 0) is 36.7 Å². The lowest BCUT2D eigenvalue weighted by Crippen LogP contribution is -2.40. The summed E-state index contributed by atoms with van der Waals surface area (Å²) in [7, 11) is 0. The van der Waals surface area contributed by atoms with Crippen LogP contribution in [0.4, 0.5) is 0 Å². The Balaban J connectivity index is 1.39. The molecule has 4 atom stereocenters. The van der Waals surface area contributed by atoms with E-state index >= 15 is 0 Å². The van der Waals surface area contributed by atoms with E-state index in [9.17, 15) is 0 Å². The Morgan fingerprint density at radius 1 is 1.00 bits per heavy atom. The number of benzene rings is 1. The zero-order valence-electron chi connectivity index (χ0n) is 12.8. The molecule has 21 heavy (non-hydrogen) atoms. The predicted molar refractivity (Wildman–Crippen MR) is 85.9 cm³/mol. The summed E-state index contributed by atoms with van der Waals surface area (Å²) >= 11 is 0. The molecule has 0 aromatic heterocycles. The number of rotatable bonds is 3. The molecule has 3 aliphatic rings. The lowest BCUT2D eigenvalue weighted by Gasteiger charge is -2.29. The molecule has 3 fully saturated rings. The summed E-state index contributed by atoms with van der Waals surface area (Å²) in [6.45, 7) is 6.08. The van der Waals surface area contributed by atoms with Crippen LogP contribution in [0.25, 0.3) is 0 Å². The van der Waals surface area contributed by atoms with Gasteiger partial charge in [0.15, 0.2) is 0 Å². The Labute approximate surface area is 128 Å². The van der Waals surface area contributed by atoms with Gasteiger partial charge in [0.2, 0.25) is 0 Å². The number of nitrogens with zero attached hydrogens (tertiary/aromatic N) is 2. The van der Waals surface area contributed by atoms with Crippen LogP contribution in [0.1, 0.15) is 24.8 Å². The van der Waals surface area contributed by atoms with Crippen molar-refractivity contribution in [3.8, 4) is 0 Å². The molecule has 0 bridgehead atoms. The molecule has 0 radical (unpaired) electrons. The van der Waals surface area contributed by atoms with Gasteiger partial charge in [-0.1, -0.05) is 30.3 Å². The van der Waals surface area contributed by atoms with E-state index in [1.807, 2.05) is 0 Å². The molecule has 1 aliphatic carbocycles. The Morgan fingerprint density at radius 3 is 2.62 bits per heavy atom. The van der Waals surface area contributed by atoms with Gasteiger partial charge in [-0.15, -0.1) is 0 Å². The van der Waals surface area contributed by atoms with Crippen molar-refractivity contribution < 1.29 is 0 Å². The van der Waals surface area contributed by atoms with E-state index in [4.69, 9.17) is 5.73 Å². The fourth-order valence-electron chi connectivity index (χ4n) is 4.87. The van der Waals surface area contributed by atoms with E-state index < -0.39 is 0 Å². The van der Waals surface area contributed by atoms with E-state index in [0.717, 1.165) is 31.0 Å². The quantitative estimate of drug-likeness (QED) is 0.921. The fraction of sp³-hybridized carbons (Fsp3) is 0.667. The van der Waals surface area contributed by atoms with Gasteiger partial charge in [-0.25, -0.2) is 0 Å². The van der Waals surface area contributed by atoms with Gasteiger partial charge in [0.1, 0.15) is 0 Å². The van der Waals surface area contributed by atoms with Gasteiger partial charge in [0, 0.05) is 44.8 Å². The van der Waals surface area contributed by atoms with Crippen molar-refractivity contribution >= 4 is 0 Å². The summed E-state index contributed by atoms with van der Waals surface area (Å²) in [4.78, 5) is 5.37. The Bertz CT molecular complexity index is 475. The average molecular weight is 285 g/mol. The van der Waals surface area contributed by atoms with Gasteiger partial charge in [0.25, 0.3) is 0 Å². The molecule has 114 valence electrons. The zero-order valence-corrected chi connectivity index (χ0v) is 12.8. The molecule has 2 aliphatic heterocycles. The number of fused-ring (bicyclic) bond motifs is 1. The summed E-state index contributed by atoms with van der Waals surface area (Å²) in [6.07, 6.45) is 4.02. The first-order chi connectivity index (χ1) is 10.3. The van der Waals surface area contributed by atoms with Crippen LogP contribution in [-0.2, 0) is 6.54 Å². The fourth-order valence-corrected chi connectivity index (χ4v) is 4.87. The van der Waals surface area contributed by atoms with E-state index in [-0.39, 0.29) is 0 Å². The molecule has 0 spiro atoms. The van der Waals surface area contributed by atoms with E-state index in [1.165, 1.54) is 44.5 Å². The first kappa shape index (κ1) is 13.7. The van der Waals surface area contributed by atoms with Crippen LogP contribution in [0, 0.1) is 11.8 Å². The van der Waals surface area contributed by atoms with E-state index in [0.29, 0.717) is 6.04 Å². The van der Waals surface area contributed by atoms with Crippen molar-refractivity contribution in [3.05, 3.63) is 35.9 Å². The van der Waals surface area contributed by atoms with Crippen LogP contribution in [0.2, 0.25) is 0 Å². The van der Waals surface area contributed by atoms with Crippen LogP contribution in [0.3, 0.4) is 0 Å². The van der Waals surface area contributed by atoms with Crippen molar-refractivity contribution in [3.63, 3.8) is 0 Å². The van der Waals surface area contributed by atoms with Crippen LogP contribution < -0.4 is 5.73 Å². The van der Waals surface area contributed by atoms with E-state index in [2.05, 4.69) is 40.1 Å². The predicted octanol–water partition coefficient (Wildman–Crippen LogP) is 1.93. The van der Waals surface area contributed by atoms with Crippen molar-refractivity contribution in [1.82, 2.24) is 9.80 Å². The van der Waals surface area contributed by atoms with E-state index in [1.54, 1.807) is 0 Å². The second kappa shape index (κ2) is 5.71. The Kier molecular flexibility index (Phi) is 3.74. The highest BCUT2D eigenvalue weighted by Gasteiger charge is 2.45. The van der Waals surface area contributed by atoms with Gasteiger partial charge in [-0.3, -0.25) is 9.80 Å². The molecule has 2 heterocycles. The summed E-state index contributed by atoms with van der Waals surface area (Å²) in [5, 5.41) is 0. The second-order valence-electron chi connectivity index (χ2n) is 7.29. The molecular formula is C18H27N3. The molecular weight excluding hydrogens is 258 g/mol. The number of nitrogens with two attached hydrogens (primary N) is 1. The third kappa shape index (κ3) is 2.75. The highest BCUT2D eigenvalue weighted by atomic mass is 15.2. The standard InChI is InChI=1S/C18H27N3/c19-16-8-9-21(12-16)18-7-6-15-11-20(13-17(15)18)10-14-4-2-1-3-5-14/h1-5,15-18H,6-13,19H2. The third-order valence-corrected chi connectivity index (χ3v) is 5.87. The monoisotopic (exact) mass is 285 g/mol. The van der Waals surface area contributed by atoms with Crippen molar-refractivity contribution in [2.75, 3.05) is 26.2 Å². The minimum Gasteiger partial charge on any atom is -0.326 e. The van der Waals surface area contributed by atoms with Crippen molar-refractivity contribution in [2.45, 2.75) is 37.9 Å². The lowest BCUT2D eigenvalue weighted by atomic mass is 9.97. The highest BCUT2D eigenvalue weighted by Crippen LogP contribution is 2.41. The van der Waals surface area contributed by atoms with Crippen LogP contribution >= 0.6 is 0 Å². The number of hydrogen-bond donors (Lipinski definition) is 1. The van der Waals surface area contributed by atoms with Crippen molar-refractivity contribution in [1.29, 1.82) is 0 Å². The Morgan fingerprint density at radius 2 is 1.86 bits per heavy atom. The van der Waals surface area contributed by atoms with Gasteiger partial charge >= 0.3 is 0 Å². The minimum atomic E-state index is 0.422. The molecule has 2 N–H and O–H groups in total. The largest absolute Gasteiger partial charge is 0.326 e. The summed E-state index contributed by atoms with van der Waals surface area (Å²) < 4.78 is 0. The normalized spacial score (nSPS) is 37.2. The SMILES string of the molecule is NC1CCN(C2CCC3CN(Cc4ccccc4)CC32)C1. The zero-order chi connectivity index (χ0) is 14.2. The van der Waals surface area contributed by atoms with Crippen LogP contribution in [0.5, 0.6) is 0 Å². The Hall–Kier alpha value is -0.900. The maximum absolute atomic E-state index is 6.11. The first-order valence-electron chi connectivity index (χ1n) is 8.55. The molecule has 1 aromatic rings. The number of likely N-dealkylation sites (tertiary alicyclic amines) is 2. The topological polar surface area (TPSA) is 32.5 Å². The van der Waals surface area contributed by atoms with Crippen molar-refractivity contribution in [2.24, 2.45) is 17.6 Å². The lowest BCUT2D eigenvalue weighted by molar-refractivity contribution is 0.180. The number of hydrogen-bond acceptors (Lipinski definition) is 3. The molecule has 1 saturated carbocycles. The maximum atomic E-state index is 6.11. The smallest absolute Gasteiger partial charge is 0.0233 e. The third-order valence-electron chi connectivity index (χ3n) is 5.87. The highest BCUT2D eigenvalue weighted by molar-refractivity contribution is 5.15. The second-order valence-corrected chi connectivity index (χ2v) is 7.29. The molecule has 4 unspecified atom stereocenters. The molecule has 4 rings (SSSR count). The molecule has 0 amide bonds. The molecule has 3 heteroatoms. The van der Waals surface area contributed by atoms with Gasteiger partial charge in [0.05, 0.1) is 0 Å². The molecule has 2 saturated heterocycles. The molecule has 1 aromatic carbocycles. The van der Waals surface area contributed by atoms with Gasteiger partial charge in [-0.2, -0.15) is 0 Å². The van der Waals surface area contributed by atoms with Crippen LogP contribution in [-0.4, -0.2) is 48.1 Å².